The second kappa shape index (κ2) is 6.29. The van der Waals surface area contributed by atoms with E-state index in [4.69, 9.17) is 5.11 Å². The molecule has 2 aliphatic rings. The van der Waals surface area contributed by atoms with Crippen LogP contribution in [0.1, 0.15) is 34.3 Å². The molecule has 0 amide bonds. The lowest BCUT2D eigenvalue weighted by atomic mass is 10.1. The summed E-state index contributed by atoms with van der Waals surface area (Å²) in [4.78, 5) is 16.1. The van der Waals surface area contributed by atoms with Crippen molar-refractivity contribution in [3.63, 3.8) is 0 Å². The van der Waals surface area contributed by atoms with E-state index in [2.05, 4.69) is 34.1 Å². The molecule has 0 spiro atoms. The average molecular weight is 322 g/mol. The van der Waals surface area contributed by atoms with Crippen LogP contribution in [0.15, 0.2) is 48.5 Å². The Kier molecular flexibility index (Phi) is 3.98. The van der Waals surface area contributed by atoms with E-state index in [0.717, 1.165) is 25.2 Å². The number of nitrogens with zero attached hydrogens (tertiary/aromatic N) is 2. The molecule has 4 heteroatoms. The highest BCUT2D eigenvalue weighted by Crippen LogP contribution is 2.32. The van der Waals surface area contributed by atoms with E-state index in [1.807, 2.05) is 12.1 Å². The summed E-state index contributed by atoms with van der Waals surface area (Å²) in [5, 5.41) is 9.05. The third-order valence-corrected chi connectivity index (χ3v) is 5.21. The predicted octanol–water partition coefficient (Wildman–Crippen LogP) is 3.37. The quantitative estimate of drug-likeness (QED) is 0.941. The van der Waals surface area contributed by atoms with Crippen LogP contribution in [0, 0.1) is 0 Å². The molecule has 1 N–H and O–H groups in total. The summed E-state index contributed by atoms with van der Waals surface area (Å²) in [5.74, 6) is -0.872. The Balaban J connectivity index is 1.62. The van der Waals surface area contributed by atoms with Gasteiger partial charge < -0.3 is 10.0 Å². The summed E-state index contributed by atoms with van der Waals surface area (Å²) < 4.78 is 0. The molecule has 0 radical (unpaired) electrons. The van der Waals surface area contributed by atoms with Gasteiger partial charge in [-0.1, -0.05) is 30.3 Å². The molecule has 2 aliphatic heterocycles. The van der Waals surface area contributed by atoms with Crippen molar-refractivity contribution in [2.24, 2.45) is 0 Å². The second-order valence-corrected chi connectivity index (χ2v) is 6.78. The lowest BCUT2D eigenvalue weighted by molar-refractivity contribution is 0.0697. The zero-order valence-corrected chi connectivity index (χ0v) is 13.7. The largest absolute Gasteiger partial charge is 0.478 e. The minimum Gasteiger partial charge on any atom is -0.478 e. The van der Waals surface area contributed by atoms with Gasteiger partial charge in [-0.25, -0.2) is 4.79 Å². The summed E-state index contributed by atoms with van der Waals surface area (Å²) >= 11 is 0. The van der Waals surface area contributed by atoms with Crippen LogP contribution in [0.4, 0.5) is 5.69 Å². The van der Waals surface area contributed by atoms with Gasteiger partial charge in [0.2, 0.25) is 0 Å². The Morgan fingerprint density at radius 2 is 1.92 bits per heavy atom. The fourth-order valence-corrected chi connectivity index (χ4v) is 3.96. The number of carbonyl (C=O) groups is 1. The van der Waals surface area contributed by atoms with Crippen LogP contribution in [-0.2, 0) is 13.1 Å². The van der Waals surface area contributed by atoms with Crippen molar-refractivity contribution in [1.82, 2.24) is 4.90 Å². The number of hydrogen-bond donors (Lipinski definition) is 1. The van der Waals surface area contributed by atoms with Crippen LogP contribution >= 0.6 is 0 Å². The van der Waals surface area contributed by atoms with Gasteiger partial charge in [0, 0.05) is 31.4 Å². The van der Waals surface area contributed by atoms with Gasteiger partial charge in [-0.05, 0) is 48.7 Å². The number of rotatable bonds is 3. The molecule has 4 nitrogen and oxygen atoms in total. The maximum absolute atomic E-state index is 11.0. The number of carboxylic acids is 1. The molecule has 0 aromatic heterocycles. The van der Waals surface area contributed by atoms with Crippen molar-refractivity contribution in [1.29, 1.82) is 0 Å². The molecule has 1 saturated heterocycles. The number of fused-ring (bicyclic) bond motifs is 2. The van der Waals surface area contributed by atoms with E-state index >= 15 is 0 Å². The van der Waals surface area contributed by atoms with Gasteiger partial charge in [0.05, 0.1) is 5.56 Å². The minimum absolute atomic E-state index is 0.344. The van der Waals surface area contributed by atoms with Crippen molar-refractivity contribution < 1.29 is 9.90 Å². The second-order valence-electron chi connectivity index (χ2n) is 6.78. The van der Waals surface area contributed by atoms with Crippen LogP contribution in [0.5, 0.6) is 0 Å². The zero-order valence-electron chi connectivity index (χ0n) is 13.7. The smallest absolute Gasteiger partial charge is 0.335 e. The number of carboxylic acid groups (broad SMARTS) is 1. The molecular weight excluding hydrogens is 300 g/mol. The van der Waals surface area contributed by atoms with Crippen molar-refractivity contribution in [3.05, 3.63) is 65.2 Å². The van der Waals surface area contributed by atoms with Gasteiger partial charge in [0.25, 0.3) is 0 Å². The summed E-state index contributed by atoms with van der Waals surface area (Å²) in [6.07, 6.45) is 2.55. The first-order valence-corrected chi connectivity index (χ1v) is 8.60. The molecule has 1 fully saturated rings. The van der Waals surface area contributed by atoms with Crippen LogP contribution in [-0.4, -0.2) is 35.1 Å². The number of para-hydroxylation sites is 1. The number of aromatic carboxylic acids is 1. The first-order valence-electron chi connectivity index (χ1n) is 8.60. The number of anilines is 1. The van der Waals surface area contributed by atoms with Gasteiger partial charge in [-0.3, -0.25) is 4.90 Å². The highest BCUT2D eigenvalue weighted by atomic mass is 16.4. The fourth-order valence-electron chi connectivity index (χ4n) is 3.96. The number of hydrogen-bond acceptors (Lipinski definition) is 3. The van der Waals surface area contributed by atoms with Crippen LogP contribution in [0.25, 0.3) is 0 Å². The Morgan fingerprint density at radius 1 is 1.12 bits per heavy atom. The van der Waals surface area contributed by atoms with Crippen molar-refractivity contribution in [2.45, 2.75) is 32.0 Å². The van der Waals surface area contributed by atoms with Gasteiger partial charge in [-0.2, -0.15) is 0 Å². The van der Waals surface area contributed by atoms with Crippen LogP contribution < -0.4 is 4.90 Å². The Labute approximate surface area is 142 Å². The summed E-state index contributed by atoms with van der Waals surface area (Å²) in [7, 11) is 0. The lowest BCUT2D eigenvalue weighted by Crippen LogP contribution is -2.36. The molecule has 0 bridgehead atoms. The van der Waals surface area contributed by atoms with Gasteiger partial charge >= 0.3 is 5.97 Å². The third kappa shape index (κ3) is 2.89. The zero-order chi connectivity index (χ0) is 16.5. The Morgan fingerprint density at radius 3 is 2.71 bits per heavy atom. The van der Waals surface area contributed by atoms with E-state index < -0.39 is 5.97 Å². The van der Waals surface area contributed by atoms with Crippen molar-refractivity contribution >= 4 is 11.7 Å². The standard InChI is InChI=1S/C20H22N2O2/c23-20(24)16-9-7-15(8-10-16)12-22-14-18-5-3-11-21(18)13-17-4-1-2-6-19(17)22/h1-2,4,6-10,18H,3,5,11-14H2,(H,23,24). The van der Waals surface area contributed by atoms with E-state index in [1.165, 1.54) is 30.6 Å². The normalized spacial score (nSPS) is 20.3. The molecule has 2 aromatic rings. The topological polar surface area (TPSA) is 43.8 Å². The first-order chi connectivity index (χ1) is 11.7. The lowest BCUT2D eigenvalue weighted by Gasteiger charge is -2.28. The Bertz CT molecular complexity index is 742. The van der Waals surface area contributed by atoms with E-state index in [1.54, 1.807) is 12.1 Å². The van der Waals surface area contributed by atoms with E-state index in [0.29, 0.717) is 11.6 Å². The molecule has 24 heavy (non-hydrogen) atoms. The molecule has 124 valence electrons. The predicted molar refractivity (Wildman–Crippen MR) is 94.3 cm³/mol. The minimum atomic E-state index is -0.872. The summed E-state index contributed by atoms with van der Waals surface area (Å²) in [6, 6.07) is 16.6. The van der Waals surface area contributed by atoms with Crippen molar-refractivity contribution in [2.75, 3.05) is 18.0 Å². The molecule has 4 rings (SSSR count). The molecule has 0 aliphatic carbocycles. The molecule has 2 aromatic carbocycles. The molecule has 1 atom stereocenters. The molecule has 1 unspecified atom stereocenters. The Hall–Kier alpha value is -2.33. The summed E-state index contributed by atoms with van der Waals surface area (Å²) in [5.41, 5.74) is 4.21. The SMILES string of the molecule is O=C(O)c1ccc(CN2CC3CCCN3Cc3ccccc32)cc1. The van der Waals surface area contributed by atoms with Crippen LogP contribution in [0.2, 0.25) is 0 Å². The highest BCUT2D eigenvalue weighted by molar-refractivity contribution is 5.87. The van der Waals surface area contributed by atoms with Gasteiger partial charge in [0.1, 0.15) is 0 Å². The first kappa shape index (κ1) is 15.2. The van der Waals surface area contributed by atoms with E-state index in [9.17, 15) is 4.79 Å². The fraction of sp³-hybridized carbons (Fsp3) is 0.350. The monoisotopic (exact) mass is 322 g/mol. The van der Waals surface area contributed by atoms with E-state index in [-0.39, 0.29) is 0 Å². The highest BCUT2D eigenvalue weighted by Gasteiger charge is 2.30. The molecular formula is C20H22N2O2. The molecule has 2 heterocycles. The van der Waals surface area contributed by atoms with Crippen LogP contribution in [0.3, 0.4) is 0 Å². The average Bonchev–Trinajstić information content (AvgIpc) is 2.96. The van der Waals surface area contributed by atoms with Gasteiger partial charge in [-0.15, -0.1) is 0 Å². The number of benzene rings is 2. The summed E-state index contributed by atoms with van der Waals surface area (Å²) in [6.45, 7) is 4.09. The van der Waals surface area contributed by atoms with Gasteiger partial charge in [0.15, 0.2) is 0 Å². The third-order valence-electron chi connectivity index (χ3n) is 5.21. The maximum atomic E-state index is 11.0. The van der Waals surface area contributed by atoms with Crippen molar-refractivity contribution in [3.8, 4) is 0 Å². The maximum Gasteiger partial charge on any atom is 0.335 e. The molecule has 0 saturated carbocycles.